The molecule has 152 valence electrons. The normalized spacial score (nSPS) is 14.2. The third-order valence-corrected chi connectivity index (χ3v) is 4.95. The van der Waals surface area contributed by atoms with E-state index in [0.717, 1.165) is 19.3 Å². The molecule has 0 spiro atoms. The molecule has 2 aromatic carbocycles. The first-order chi connectivity index (χ1) is 14.2. The van der Waals surface area contributed by atoms with Crippen molar-refractivity contribution in [3.05, 3.63) is 72.2 Å². The molecule has 2 aromatic rings. The molecule has 0 aliphatic heterocycles. The number of rotatable bonds is 9. The summed E-state index contributed by atoms with van der Waals surface area (Å²) in [6.07, 6.45) is 8.48. The predicted molar refractivity (Wildman–Crippen MR) is 113 cm³/mol. The van der Waals surface area contributed by atoms with Gasteiger partial charge in [0.1, 0.15) is 11.6 Å². The van der Waals surface area contributed by atoms with Gasteiger partial charge in [-0.3, -0.25) is 9.79 Å². The second kappa shape index (κ2) is 10.4. The first-order valence-electron chi connectivity index (χ1n) is 9.88. The first-order valence-corrected chi connectivity index (χ1v) is 9.88. The lowest BCUT2D eigenvalue weighted by atomic mass is 9.90. The van der Waals surface area contributed by atoms with Crippen LogP contribution in [0, 0.1) is 5.82 Å². The molecule has 1 aliphatic rings. The maximum absolute atomic E-state index is 13.3. The largest absolute Gasteiger partial charge is 0.494 e. The van der Waals surface area contributed by atoms with Crippen molar-refractivity contribution in [2.45, 2.75) is 31.7 Å². The molecule has 29 heavy (non-hydrogen) atoms. The fourth-order valence-corrected chi connectivity index (χ4v) is 3.20. The highest BCUT2D eigenvalue weighted by Crippen LogP contribution is 2.29. The third kappa shape index (κ3) is 5.67. The number of allylic oxidation sites excluding steroid dienone is 1. The first kappa shape index (κ1) is 20.6. The SMILES string of the molecule is NC=CC=Nc1ccccc1C(=O)N(CCCOc1ccc(F)cc1)C1CCC1. The standard InChI is InChI=1S/C23H26FN3O2/c24-18-10-12-20(13-11-18)29-17-5-16-27(19-6-3-7-19)23(28)21-8-1-2-9-22(21)26-15-4-14-25/h1-2,4,8-15,19H,3,5-7,16-17,25H2. The van der Waals surface area contributed by atoms with Crippen LogP contribution in [-0.2, 0) is 0 Å². The molecule has 0 heterocycles. The summed E-state index contributed by atoms with van der Waals surface area (Å²) in [4.78, 5) is 19.5. The highest BCUT2D eigenvalue weighted by molar-refractivity contribution is 6.00. The summed E-state index contributed by atoms with van der Waals surface area (Å²) in [7, 11) is 0. The van der Waals surface area contributed by atoms with Crippen LogP contribution in [-0.4, -0.2) is 36.2 Å². The zero-order valence-corrected chi connectivity index (χ0v) is 16.3. The van der Waals surface area contributed by atoms with E-state index in [1.807, 2.05) is 29.2 Å². The molecule has 1 saturated carbocycles. The Labute approximate surface area is 170 Å². The summed E-state index contributed by atoms with van der Waals surface area (Å²) in [5.74, 6) is 0.323. The molecule has 0 unspecified atom stereocenters. The molecule has 0 bridgehead atoms. The number of carbonyl (C=O) groups is 1. The van der Waals surface area contributed by atoms with Gasteiger partial charge in [0.15, 0.2) is 0 Å². The Kier molecular flexibility index (Phi) is 7.39. The number of aliphatic imine (C=N–C) groups is 1. The fourth-order valence-electron chi connectivity index (χ4n) is 3.20. The topological polar surface area (TPSA) is 67.9 Å². The van der Waals surface area contributed by atoms with E-state index in [2.05, 4.69) is 4.99 Å². The Balaban J connectivity index is 1.64. The van der Waals surface area contributed by atoms with Gasteiger partial charge < -0.3 is 15.4 Å². The Hall–Kier alpha value is -3.15. The van der Waals surface area contributed by atoms with Crippen LogP contribution in [0.4, 0.5) is 10.1 Å². The second-order valence-corrected chi connectivity index (χ2v) is 6.92. The molecule has 1 fully saturated rings. The van der Waals surface area contributed by atoms with Crippen molar-refractivity contribution >= 4 is 17.8 Å². The number of halogens is 1. The average Bonchev–Trinajstić information content (AvgIpc) is 2.70. The number of hydrogen-bond donors (Lipinski definition) is 1. The minimum atomic E-state index is -0.289. The molecule has 0 atom stereocenters. The van der Waals surface area contributed by atoms with Crippen molar-refractivity contribution in [3.63, 3.8) is 0 Å². The second-order valence-electron chi connectivity index (χ2n) is 6.92. The third-order valence-electron chi connectivity index (χ3n) is 4.95. The van der Waals surface area contributed by atoms with Crippen LogP contribution in [0.25, 0.3) is 0 Å². The van der Waals surface area contributed by atoms with Gasteiger partial charge in [-0.1, -0.05) is 12.1 Å². The number of hydrogen-bond acceptors (Lipinski definition) is 4. The molecule has 0 aromatic heterocycles. The molecule has 0 radical (unpaired) electrons. The molecule has 0 saturated heterocycles. The quantitative estimate of drug-likeness (QED) is 0.503. The van der Waals surface area contributed by atoms with Crippen LogP contribution in [0.2, 0.25) is 0 Å². The number of carbonyl (C=O) groups excluding carboxylic acids is 1. The Morgan fingerprint density at radius 1 is 1.21 bits per heavy atom. The van der Waals surface area contributed by atoms with Gasteiger partial charge in [-0.15, -0.1) is 0 Å². The van der Waals surface area contributed by atoms with Gasteiger partial charge in [0, 0.05) is 18.8 Å². The summed E-state index contributed by atoms with van der Waals surface area (Å²) >= 11 is 0. The van der Waals surface area contributed by atoms with Gasteiger partial charge in [-0.25, -0.2) is 4.39 Å². The van der Waals surface area contributed by atoms with Crippen molar-refractivity contribution in [1.29, 1.82) is 0 Å². The monoisotopic (exact) mass is 395 g/mol. The minimum Gasteiger partial charge on any atom is -0.494 e. The number of para-hydroxylation sites is 1. The minimum absolute atomic E-state index is 0.0130. The Bertz CT molecular complexity index is 861. The van der Waals surface area contributed by atoms with Crippen LogP contribution in [0.1, 0.15) is 36.0 Å². The maximum Gasteiger partial charge on any atom is 0.256 e. The van der Waals surface area contributed by atoms with E-state index in [0.29, 0.717) is 36.6 Å². The average molecular weight is 395 g/mol. The van der Waals surface area contributed by atoms with Gasteiger partial charge in [0.2, 0.25) is 0 Å². The van der Waals surface area contributed by atoms with Gasteiger partial charge in [-0.2, -0.15) is 0 Å². The summed E-state index contributed by atoms with van der Waals surface area (Å²) in [6.45, 7) is 1.06. The molecule has 5 nitrogen and oxygen atoms in total. The van der Waals surface area contributed by atoms with E-state index in [-0.39, 0.29) is 17.8 Å². The van der Waals surface area contributed by atoms with Crippen molar-refractivity contribution in [2.75, 3.05) is 13.2 Å². The Morgan fingerprint density at radius 2 is 1.97 bits per heavy atom. The van der Waals surface area contributed by atoms with Crippen LogP contribution in [0.15, 0.2) is 65.8 Å². The van der Waals surface area contributed by atoms with E-state index in [9.17, 15) is 9.18 Å². The number of amides is 1. The number of nitrogens with two attached hydrogens (primary N) is 1. The van der Waals surface area contributed by atoms with Crippen LogP contribution < -0.4 is 10.5 Å². The fraction of sp³-hybridized carbons (Fsp3) is 0.304. The van der Waals surface area contributed by atoms with E-state index < -0.39 is 0 Å². The van der Waals surface area contributed by atoms with Gasteiger partial charge >= 0.3 is 0 Å². The molecule has 1 amide bonds. The van der Waals surface area contributed by atoms with Crippen molar-refractivity contribution < 1.29 is 13.9 Å². The molecule has 6 heteroatoms. The lowest BCUT2D eigenvalue weighted by Crippen LogP contribution is -2.45. The molecular weight excluding hydrogens is 369 g/mol. The van der Waals surface area contributed by atoms with Crippen LogP contribution in [0.3, 0.4) is 0 Å². The lowest BCUT2D eigenvalue weighted by molar-refractivity contribution is 0.0566. The molecule has 1 aliphatic carbocycles. The highest BCUT2D eigenvalue weighted by atomic mass is 19.1. The van der Waals surface area contributed by atoms with Gasteiger partial charge in [0.25, 0.3) is 5.91 Å². The van der Waals surface area contributed by atoms with Crippen LogP contribution in [0.5, 0.6) is 5.75 Å². The summed E-state index contributed by atoms with van der Waals surface area (Å²) < 4.78 is 18.6. The van der Waals surface area contributed by atoms with E-state index >= 15 is 0 Å². The van der Waals surface area contributed by atoms with Crippen molar-refractivity contribution in [2.24, 2.45) is 10.7 Å². The summed E-state index contributed by atoms with van der Waals surface area (Å²) in [5.41, 5.74) is 6.56. The number of benzene rings is 2. The van der Waals surface area contributed by atoms with E-state index in [4.69, 9.17) is 10.5 Å². The summed E-state index contributed by atoms with van der Waals surface area (Å²) in [6, 6.07) is 13.6. The highest BCUT2D eigenvalue weighted by Gasteiger charge is 2.30. The smallest absolute Gasteiger partial charge is 0.256 e. The molecular formula is C23H26FN3O2. The predicted octanol–water partition coefficient (Wildman–Crippen LogP) is 4.46. The zero-order chi connectivity index (χ0) is 20.5. The van der Waals surface area contributed by atoms with Crippen LogP contribution >= 0.6 is 0 Å². The van der Waals surface area contributed by atoms with E-state index in [1.54, 1.807) is 24.4 Å². The van der Waals surface area contributed by atoms with Gasteiger partial charge in [-0.05, 0) is 74.4 Å². The maximum atomic E-state index is 13.3. The lowest BCUT2D eigenvalue weighted by Gasteiger charge is -2.38. The molecule has 3 rings (SSSR count). The summed E-state index contributed by atoms with van der Waals surface area (Å²) in [5, 5.41) is 0. The van der Waals surface area contributed by atoms with Gasteiger partial charge in [0.05, 0.1) is 17.9 Å². The molecule has 2 N–H and O–H groups in total. The number of ether oxygens (including phenoxy) is 1. The zero-order valence-electron chi connectivity index (χ0n) is 16.3. The van der Waals surface area contributed by atoms with Crippen molar-refractivity contribution in [3.8, 4) is 5.75 Å². The van der Waals surface area contributed by atoms with Crippen molar-refractivity contribution in [1.82, 2.24) is 4.90 Å². The number of nitrogens with zero attached hydrogens (tertiary/aromatic N) is 2. The van der Waals surface area contributed by atoms with E-state index in [1.165, 1.54) is 18.3 Å². The Morgan fingerprint density at radius 3 is 2.66 bits per heavy atom.